The van der Waals surface area contributed by atoms with Gasteiger partial charge < -0.3 is 14.8 Å². The average molecular weight is 329 g/mol. The highest BCUT2D eigenvalue weighted by atomic mass is 32.1. The summed E-state index contributed by atoms with van der Waals surface area (Å²) < 4.78 is 10.7. The van der Waals surface area contributed by atoms with Gasteiger partial charge in [-0.25, -0.2) is 0 Å². The van der Waals surface area contributed by atoms with Crippen molar-refractivity contribution in [3.05, 3.63) is 46.2 Å². The lowest BCUT2D eigenvalue weighted by Crippen LogP contribution is -2.22. The van der Waals surface area contributed by atoms with E-state index in [1.165, 1.54) is 0 Å². The van der Waals surface area contributed by atoms with Crippen LogP contribution in [0.3, 0.4) is 0 Å². The van der Waals surface area contributed by atoms with Crippen molar-refractivity contribution in [2.45, 2.75) is 19.4 Å². The summed E-state index contributed by atoms with van der Waals surface area (Å²) in [6.45, 7) is 0.777. The van der Waals surface area contributed by atoms with Crippen LogP contribution < -0.4 is 14.8 Å². The third kappa shape index (κ3) is 5.35. The van der Waals surface area contributed by atoms with E-state index in [2.05, 4.69) is 11.2 Å². The predicted molar refractivity (Wildman–Crippen MR) is 91.8 cm³/mol. The van der Waals surface area contributed by atoms with Gasteiger partial charge in [0, 0.05) is 11.3 Å². The molecule has 0 saturated carbocycles. The molecule has 0 atom stereocenters. The molecule has 23 heavy (non-hydrogen) atoms. The highest BCUT2D eigenvalue weighted by Crippen LogP contribution is 2.28. The Labute approximate surface area is 140 Å². The molecule has 2 aromatic rings. The van der Waals surface area contributed by atoms with Crippen LogP contribution in [0.5, 0.6) is 11.5 Å². The monoisotopic (exact) mass is 329 g/mol. The first-order chi connectivity index (χ1) is 11.2. The third-order valence-electron chi connectivity index (χ3n) is 3.22. The highest BCUT2D eigenvalue weighted by Gasteiger charge is 2.08. The summed E-state index contributed by atoms with van der Waals surface area (Å²) in [6, 6.07) is 9.58. The van der Waals surface area contributed by atoms with Crippen LogP contribution >= 0.6 is 11.3 Å². The number of nitrogens with one attached hydrogen (secondary N) is 1. The van der Waals surface area contributed by atoms with E-state index in [-0.39, 0.29) is 12.5 Å². The van der Waals surface area contributed by atoms with Crippen LogP contribution in [0.2, 0.25) is 0 Å². The molecular formula is C18H19NO3S. The van der Waals surface area contributed by atoms with Crippen molar-refractivity contribution in [1.82, 2.24) is 5.32 Å². The number of methoxy groups -OCH3 is 1. The zero-order valence-electron chi connectivity index (χ0n) is 13.0. The van der Waals surface area contributed by atoms with E-state index in [1.54, 1.807) is 18.4 Å². The van der Waals surface area contributed by atoms with Crippen molar-refractivity contribution in [1.29, 1.82) is 0 Å². The van der Waals surface area contributed by atoms with Crippen molar-refractivity contribution >= 4 is 17.2 Å². The molecule has 0 fully saturated rings. The summed E-state index contributed by atoms with van der Waals surface area (Å²) in [6.07, 6.45) is 6.25. The maximum atomic E-state index is 11.9. The zero-order valence-corrected chi connectivity index (χ0v) is 13.8. The van der Waals surface area contributed by atoms with Gasteiger partial charge in [-0.2, -0.15) is 0 Å². The average Bonchev–Trinajstić information content (AvgIpc) is 3.10. The molecule has 1 aromatic carbocycles. The first kappa shape index (κ1) is 16.9. The fraction of sp³-hybridized carbons (Fsp3) is 0.278. The van der Waals surface area contributed by atoms with Gasteiger partial charge in [-0.3, -0.25) is 4.79 Å². The number of hydrogen-bond acceptors (Lipinski definition) is 4. The molecule has 0 unspecified atom stereocenters. The van der Waals surface area contributed by atoms with Crippen LogP contribution in [0.25, 0.3) is 0 Å². The lowest BCUT2D eigenvalue weighted by Gasteiger charge is -2.10. The second-order valence-corrected chi connectivity index (χ2v) is 5.87. The summed E-state index contributed by atoms with van der Waals surface area (Å²) in [7, 11) is 1.58. The number of ether oxygens (including phenoxy) is 2. The Hall–Kier alpha value is -2.45. The quantitative estimate of drug-likeness (QED) is 0.757. The maximum absolute atomic E-state index is 11.9. The minimum absolute atomic E-state index is 0.0324. The van der Waals surface area contributed by atoms with Crippen molar-refractivity contribution in [3.63, 3.8) is 0 Å². The molecular weight excluding hydrogens is 310 g/mol. The van der Waals surface area contributed by atoms with E-state index in [0.29, 0.717) is 30.9 Å². The number of carbonyl (C=O) groups is 1. The van der Waals surface area contributed by atoms with Gasteiger partial charge in [0.1, 0.15) is 6.61 Å². The van der Waals surface area contributed by atoms with E-state index < -0.39 is 0 Å². The number of benzene rings is 1. The number of amides is 1. The molecule has 0 saturated heterocycles. The summed E-state index contributed by atoms with van der Waals surface area (Å²) >= 11 is 1.63. The minimum atomic E-state index is 0.0324. The van der Waals surface area contributed by atoms with Gasteiger partial charge in [-0.05, 0) is 35.6 Å². The van der Waals surface area contributed by atoms with Crippen LogP contribution in [0.1, 0.15) is 16.9 Å². The summed E-state index contributed by atoms with van der Waals surface area (Å²) in [4.78, 5) is 13.0. The standard InChI is InChI=1S/C18H19NO3S/c1-3-10-22-16-8-6-14(12-17(16)21-2)7-9-18(20)19-13-15-5-4-11-23-15/h1,4-6,8,11-12H,7,9-10,13H2,2H3,(H,19,20). The lowest BCUT2D eigenvalue weighted by atomic mass is 10.1. The molecule has 1 heterocycles. The molecule has 1 N–H and O–H groups in total. The van der Waals surface area contributed by atoms with Gasteiger partial charge in [-0.1, -0.05) is 18.1 Å². The Kier molecular flexibility index (Phi) is 6.52. The van der Waals surface area contributed by atoms with Gasteiger partial charge in [0.2, 0.25) is 5.91 Å². The Bertz CT molecular complexity index is 674. The van der Waals surface area contributed by atoms with Crippen LogP contribution in [-0.4, -0.2) is 19.6 Å². The van der Waals surface area contributed by atoms with Gasteiger partial charge in [0.15, 0.2) is 11.5 Å². The molecule has 0 aliphatic rings. The molecule has 0 spiro atoms. The van der Waals surface area contributed by atoms with E-state index in [0.717, 1.165) is 10.4 Å². The third-order valence-corrected chi connectivity index (χ3v) is 4.10. The first-order valence-electron chi connectivity index (χ1n) is 7.25. The molecule has 4 nitrogen and oxygen atoms in total. The van der Waals surface area contributed by atoms with E-state index in [9.17, 15) is 4.79 Å². The fourth-order valence-corrected chi connectivity index (χ4v) is 2.70. The smallest absolute Gasteiger partial charge is 0.220 e. The molecule has 2 rings (SSSR count). The van der Waals surface area contributed by atoms with Gasteiger partial charge in [0.25, 0.3) is 0 Å². The second kappa shape index (κ2) is 8.86. The van der Waals surface area contributed by atoms with Gasteiger partial charge in [0.05, 0.1) is 13.7 Å². The Balaban J connectivity index is 1.85. The van der Waals surface area contributed by atoms with Crippen molar-refractivity contribution in [2.24, 2.45) is 0 Å². The zero-order chi connectivity index (χ0) is 16.5. The molecule has 1 aromatic heterocycles. The summed E-state index contributed by atoms with van der Waals surface area (Å²) in [5.74, 6) is 3.68. The molecule has 0 aliphatic carbocycles. The molecule has 120 valence electrons. The molecule has 0 bridgehead atoms. The lowest BCUT2D eigenvalue weighted by molar-refractivity contribution is -0.121. The number of thiophene rings is 1. The van der Waals surface area contributed by atoms with Crippen molar-refractivity contribution < 1.29 is 14.3 Å². The largest absolute Gasteiger partial charge is 0.493 e. The Morgan fingerprint density at radius 1 is 1.35 bits per heavy atom. The number of carbonyl (C=O) groups excluding carboxylic acids is 1. The topological polar surface area (TPSA) is 47.6 Å². The van der Waals surface area contributed by atoms with Crippen molar-refractivity contribution in [3.8, 4) is 23.8 Å². The minimum Gasteiger partial charge on any atom is -0.493 e. The summed E-state index contributed by atoms with van der Waals surface area (Å²) in [5, 5.41) is 4.91. The first-order valence-corrected chi connectivity index (χ1v) is 8.13. The van der Waals surface area contributed by atoms with Crippen molar-refractivity contribution in [2.75, 3.05) is 13.7 Å². The maximum Gasteiger partial charge on any atom is 0.220 e. The summed E-state index contributed by atoms with van der Waals surface area (Å²) in [5.41, 5.74) is 1.01. The molecule has 5 heteroatoms. The molecule has 0 aliphatic heterocycles. The van der Waals surface area contributed by atoms with E-state index in [4.69, 9.17) is 15.9 Å². The van der Waals surface area contributed by atoms with Crippen LogP contribution in [0.15, 0.2) is 35.7 Å². The fourth-order valence-electron chi connectivity index (χ4n) is 2.05. The molecule has 0 radical (unpaired) electrons. The second-order valence-electron chi connectivity index (χ2n) is 4.83. The van der Waals surface area contributed by atoms with E-state index in [1.807, 2.05) is 35.7 Å². The van der Waals surface area contributed by atoms with Crippen LogP contribution in [-0.2, 0) is 17.8 Å². The Morgan fingerprint density at radius 3 is 2.91 bits per heavy atom. The highest BCUT2D eigenvalue weighted by molar-refractivity contribution is 7.09. The van der Waals surface area contributed by atoms with Gasteiger partial charge >= 0.3 is 0 Å². The number of terminal acetylenes is 1. The Morgan fingerprint density at radius 2 is 2.22 bits per heavy atom. The van der Waals surface area contributed by atoms with Crippen LogP contribution in [0, 0.1) is 12.3 Å². The van der Waals surface area contributed by atoms with Gasteiger partial charge in [-0.15, -0.1) is 17.8 Å². The predicted octanol–water partition coefficient (Wildman–Crippen LogP) is 3.02. The number of rotatable bonds is 8. The normalized spacial score (nSPS) is 9.91. The molecule has 1 amide bonds. The SMILES string of the molecule is C#CCOc1ccc(CCC(=O)NCc2cccs2)cc1OC. The van der Waals surface area contributed by atoms with E-state index >= 15 is 0 Å². The number of aryl methyl sites for hydroxylation is 1. The number of hydrogen-bond donors (Lipinski definition) is 1. The van der Waals surface area contributed by atoms with Crippen LogP contribution in [0.4, 0.5) is 0 Å².